The Morgan fingerprint density at radius 3 is 2.70 bits per heavy atom. The number of hydrogen-bond donors (Lipinski definition) is 2. The van der Waals surface area contributed by atoms with Crippen LogP contribution in [0.1, 0.15) is 66.3 Å². The topological polar surface area (TPSA) is 128 Å². The molecule has 0 unspecified atom stereocenters. The highest BCUT2D eigenvalue weighted by Gasteiger charge is 2.30. The van der Waals surface area contributed by atoms with Crippen LogP contribution in [0.4, 0.5) is 15.0 Å². The van der Waals surface area contributed by atoms with Crippen LogP contribution >= 0.6 is 0 Å². The first-order valence-electron chi connectivity index (χ1n) is 14.6. The lowest BCUT2D eigenvalue weighted by Crippen LogP contribution is -2.27. The minimum Gasteiger partial charge on any atom is -0.444 e. The maximum absolute atomic E-state index is 15.3. The number of fused-ring (bicyclic) bond motifs is 1. The summed E-state index contributed by atoms with van der Waals surface area (Å²) in [5, 5.41) is 7.68. The van der Waals surface area contributed by atoms with Crippen molar-refractivity contribution in [1.82, 2.24) is 24.9 Å². The number of carbonyl (C=O) groups excluding carboxylic acids is 2. The van der Waals surface area contributed by atoms with Crippen molar-refractivity contribution in [2.75, 3.05) is 24.5 Å². The van der Waals surface area contributed by atoms with Gasteiger partial charge in [-0.15, -0.1) is 0 Å². The average Bonchev–Trinajstić information content (AvgIpc) is 3.59. The zero-order valence-electron chi connectivity index (χ0n) is 24.2. The molecule has 1 aliphatic carbocycles. The third-order valence-corrected chi connectivity index (χ3v) is 8.10. The van der Waals surface area contributed by atoms with Crippen LogP contribution in [0, 0.1) is 5.95 Å². The molecule has 1 aromatic carbocycles. The second-order valence-corrected chi connectivity index (χ2v) is 11.1. The lowest BCUT2D eigenvalue weighted by atomic mass is 9.98. The normalized spacial score (nSPS) is 17.0. The van der Waals surface area contributed by atoms with Crippen molar-refractivity contribution in [3.63, 3.8) is 0 Å². The Labute approximate surface area is 248 Å². The number of nitrogens with two attached hydrogens (primary N) is 1. The molecule has 0 radical (unpaired) electrons. The number of aromatic nitrogens is 4. The van der Waals surface area contributed by atoms with E-state index in [2.05, 4.69) is 45.5 Å². The summed E-state index contributed by atoms with van der Waals surface area (Å²) in [6.07, 6.45) is 4.19. The van der Waals surface area contributed by atoms with Crippen LogP contribution in [-0.4, -0.2) is 57.3 Å². The number of nitrogens with one attached hydrogen (secondary N) is 1. The molecule has 11 heteroatoms. The van der Waals surface area contributed by atoms with E-state index in [4.69, 9.17) is 10.5 Å². The molecule has 1 atom stereocenters. The smallest absolute Gasteiger partial charge is 0.404 e. The molecule has 2 amide bonds. The van der Waals surface area contributed by atoms with E-state index in [9.17, 15) is 9.59 Å². The monoisotopic (exact) mass is 583 g/mol. The summed E-state index contributed by atoms with van der Waals surface area (Å²) in [5.74, 6) is -0.204. The Bertz CT molecular complexity index is 1730. The highest BCUT2D eigenvalue weighted by Crippen LogP contribution is 2.40. The van der Waals surface area contributed by atoms with Gasteiger partial charge in [0.15, 0.2) is 5.65 Å². The summed E-state index contributed by atoms with van der Waals surface area (Å²) in [7, 11) is 0. The van der Waals surface area contributed by atoms with Crippen LogP contribution in [-0.2, 0) is 11.2 Å². The number of rotatable bonds is 9. The summed E-state index contributed by atoms with van der Waals surface area (Å²) >= 11 is 0. The van der Waals surface area contributed by atoms with E-state index in [1.807, 2.05) is 24.0 Å². The number of amides is 2. The standard InChI is InChI=1S/C32H34FN7O3/c1-3-19(2)23-7-5-4-6-20(23)12-14-35-31(41)26-16-27(21-8-9-21)40-29(36-26)17-25(38-40)24-10-11-28(37-30(24)33)39-15-13-22(18-39)43-32(34)42/h3-7,10-11,16-17,21-22H,8-9,12-15,18H2,1-2H3,(H2,34,42)(H,35,41)/b19-3-/t22-/m1/s1. The van der Waals surface area contributed by atoms with E-state index in [0.717, 1.165) is 18.5 Å². The fraction of sp³-hybridized carbons (Fsp3) is 0.344. The van der Waals surface area contributed by atoms with Crippen LogP contribution < -0.4 is 16.0 Å². The number of pyridine rings is 1. The molecule has 10 nitrogen and oxygen atoms in total. The third kappa shape index (κ3) is 6.06. The number of halogens is 1. The highest BCUT2D eigenvalue weighted by molar-refractivity contribution is 5.93. The second kappa shape index (κ2) is 11.8. The van der Waals surface area contributed by atoms with Crippen molar-refractivity contribution in [2.45, 2.75) is 51.6 Å². The van der Waals surface area contributed by atoms with Crippen LogP contribution in [0.25, 0.3) is 22.5 Å². The first-order chi connectivity index (χ1) is 20.8. The number of carbonyl (C=O) groups is 2. The molecule has 2 fully saturated rings. The molecule has 1 aliphatic heterocycles. The van der Waals surface area contributed by atoms with Crippen molar-refractivity contribution in [1.29, 1.82) is 0 Å². The molecule has 0 bridgehead atoms. The van der Waals surface area contributed by atoms with Gasteiger partial charge >= 0.3 is 6.09 Å². The van der Waals surface area contributed by atoms with Gasteiger partial charge in [0.1, 0.15) is 17.6 Å². The van der Waals surface area contributed by atoms with Gasteiger partial charge in [0.05, 0.1) is 17.8 Å². The van der Waals surface area contributed by atoms with E-state index in [1.54, 1.807) is 28.8 Å². The number of anilines is 1. The first-order valence-corrected chi connectivity index (χ1v) is 14.6. The molecule has 2 aliphatic rings. The van der Waals surface area contributed by atoms with Gasteiger partial charge in [0.2, 0.25) is 5.95 Å². The molecule has 1 saturated carbocycles. The Morgan fingerprint density at radius 2 is 1.95 bits per heavy atom. The quantitative estimate of drug-likeness (QED) is 0.269. The van der Waals surface area contributed by atoms with Gasteiger partial charge in [0.25, 0.3) is 5.91 Å². The minimum atomic E-state index is -0.825. The summed E-state index contributed by atoms with van der Waals surface area (Å²) in [6, 6.07) is 15.0. The number of ether oxygens (including phenoxy) is 1. The van der Waals surface area contributed by atoms with Gasteiger partial charge in [-0.3, -0.25) is 4.79 Å². The average molecular weight is 584 g/mol. The first kappa shape index (κ1) is 28.3. The number of hydrogen-bond acceptors (Lipinski definition) is 7. The van der Waals surface area contributed by atoms with Crippen LogP contribution in [0.5, 0.6) is 0 Å². The molecule has 0 spiro atoms. The molecule has 6 rings (SSSR count). The summed E-state index contributed by atoms with van der Waals surface area (Å²) in [5.41, 5.74) is 11.0. The molecule has 4 aromatic rings. The lowest BCUT2D eigenvalue weighted by molar-refractivity contribution is 0.0948. The van der Waals surface area contributed by atoms with Crippen molar-refractivity contribution in [3.05, 3.63) is 83.1 Å². The second-order valence-electron chi connectivity index (χ2n) is 11.1. The van der Waals surface area contributed by atoms with Gasteiger partial charge in [-0.2, -0.15) is 9.49 Å². The van der Waals surface area contributed by atoms with Crippen molar-refractivity contribution >= 4 is 29.0 Å². The van der Waals surface area contributed by atoms with E-state index < -0.39 is 12.0 Å². The molecule has 43 heavy (non-hydrogen) atoms. The van der Waals surface area contributed by atoms with E-state index >= 15 is 4.39 Å². The van der Waals surface area contributed by atoms with E-state index in [1.165, 1.54) is 16.7 Å². The predicted molar refractivity (Wildman–Crippen MR) is 161 cm³/mol. The minimum absolute atomic E-state index is 0.237. The maximum Gasteiger partial charge on any atom is 0.404 e. The van der Waals surface area contributed by atoms with Gasteiger partial charge in [-0.1, -0.05) is 30.3 Å². The summed E-state index contributed by atoms with van der Waals surface area (Å²) < 4.78 is 22.1. The fourth-order valence-electron chi connectivity index (χ4n) is 5.58. The molecule has 3 N–H and O–H groups in total. The van der Waals surface area contributed by atoms with E-state index in [0.29, 0.717) is 55.3 Å². The largest absolute Gasteiger partial charge is 0.444 e. The summed E-state index contributed by atoms with van der Waals surface area (Å²) in [4.78, 5) is 34.9. The summed E-state index contributed by atoms with van der Waals surface area (Å²) in [6.45, 7) is 5.53. The molecule has 4 heterocycles. The molecule has 1 saturated heterocycles. The highest BCUT2D eigenvalue weighted by atomic mass is 19.1. The van der Waals surface area contributed by atoms with Gasteiger partial charge in [0, 0.05) is 37.2 Å². The molecule has 3 aromatic heterocycles. The Morgan fingerprint density at radius 1 is 1.14 bits per heavy atom. The Balaban J connectivity index is 1.20. The maximum atomic E-state index is 15.3. The lowest BCUT2D eigenvalue weighted by Gasteiger charge is -2.17. The van der Waals surface area contributed by atoms with Gasteiger partial charge in [-0.25, -0.2) is 19.3 Å². The van der Waals surface area contributed by atoms with Crippen LogP contribution in [0.3, 0.4) is 0 Å². The van der Waals surface area contributed by atoms with Crippen molar-refractivity contribution < 1.29 is 18.7 Å². The van der Waals surface area contributed by atoms with Crippen LogP contribution in [0.15, 0.2) is 54.6 Å². The number of allylic oxidation sites excluding steroid dienone is 2. The zero-order chi connectivity index (χ0) is 30.1. The molecular formula is C32H34FN7O3. The SMILES string of the molecule is C/C=C(/C)c1ccccc1CCNC(=O)c1cc(C2CC2)n2nc(-c3ccc(N4CC[C@@H](OC(N)=O)C4)nc3F)cc2n1. The van der Waals surface area contributed by atoms with Crippen molar-refractivity contribution in [3.8, 4) is 11.3 Å². The number of benzene rings is 1. The Hall–Kier alpha value is -4.80. The predicted octanol–water partition coefficient (Wildman–Crippen LogP) is 4.88. The van der Waals surface area contributed by atoms with Crippen molar-refractivity contribution in [2.24, 2.45) is 5.73 Å². The number of nitrogens with zero attached hydrogens (tertiary/aromatic N) is 5. The third-order valence-electron chi connectivity index (χ3n) is 8.10. The van der Waals surface area contributed by atoms with Gasteiger partial charge in [-0.05, 0) is 68.0 Å². The Kier molecular flexibility index (Phi) is 7.79. The molecule has 222 valence electrons. The zero-order valence-corrected chi connectivity index (χ0v) is 24.2. The fourth-order valence-corrected chi connectivity index (χ4v) is 5.58. The van der Waals surface area contributed by atoms with Gasteiger partial charge < -0.3 is 20.7 Å². The molecular weight excluding hydrogens is 549 g/mol. The van der Waals surface area contributed by atoms with E-state index in [-0.39, 0.29) is 23.5 Å². The van der Waals surface area contributed by atoms with Crippen LogP contribution in [0.2, 0.25) is 0 Å². The number of primary amides is 1.